The molecule has 2 fully saturated rings. The Bertz CT molecular complexity index is 1410. The van der Waals surface area contributed by atoms with Crippen LogP contribution in [0, 0.1) is 11.7 Å². The van der Waals surface area contributed by atoms with Gasteiger partial charge in [-0.05, 0) is 66.9 Å². The lowest BCUT2D eigenvalue weighted by atomic mass is 10.2. The van der Waals surface area contributed by atoms with E-state index >= 15 is 0 Å². The van der Waals surface area contributed by atoms with Crippen LogP contribution in [0.1, 0.15) is 18.4 Å². The molecule has 8 nitrogen and oxygen atoms in total. The molecule has 1 aromatic carbocycles. The number of nitrogens with zero attached hydrogens (tertiary/aromatic N) is 6. The molecule has 6 rings (SSSR count). The van der Waals surface area contributed by atoms with E-state index < -0.39 is 0 Å². The first kappa shape index (κ1) is 23.7. The number of halogens is 1. The van der Waals surface area contributed by atoms with Gasteiger partial charge in [-0.1, -0.05) is 11.3 Å². The summed E-state index contributed by atoms with van der Waals surface area (Å²) in [5, 5.41) is 4.05. The lowest BCUT2D eigenvalue weighted by molar-refractivity contribution is -0.134. The van der Waals surface area contributed by atoms with Gasteiger partial charge in [0.2, 0.25) is 5.91 Å². The minimum Gasteiger partial charge on any atom is -0.340 e. The maximum absolute atomic E-state index is 13.3. The molecule has 0 spiro atoms. The normalized spacial score (nSPS) is 16.2. The second kappa shape index (κ2) is 10.0. The highest BCUT2D eigenvalue weighted by Crippen LogP contribution is 2.32. The fourth-order valence-electron chi connectivity index (χ4n) is 4.57. The zero-order valence-electron chi connectivity index (χ0n) is 20.6. The molecule has 1 saturated heterocycles. The second-order valence-corrected chi connectivity index (χ2v) is 10.6. The molecule has 1 N–H and O–H groups in total. The summed E-state index contributed by atoms with van der Waals surface area (Å²) in [4.78, 5) is 33.3. The number of benzene rings is 1. The fourth-order valence-corrected chi connectivity index (χ4v) is 5.41. The van der Waals surface area contributed by atoms with Crippen LogP contribution in [-0.2, 0) is 11.3 Å². The van der Waals surface area contributed by atoms with Gasteiger partial charge in [0.15, 0.2) is 5.13 Å². The largest absolute Gasteiger partial charge is 0.340 e. The molecule has 1 amide bonds. The SMILES string of the molecule is CN(c1ccc(F)cc1)c1ccc2nc(Nc3cc(CN4CCN(C(=O)C5CC5)CC4)ccn3)sc2n1. The van der Waals surface area contributed by atoms with E-state index in [9.17, 15) is 9.18 Å². The Kier molecular flexibility index (Phi) is 6.43. The monoisotopic (exact) mass is 517 g/mol. The van der Waals surface area contributed by atoms with Gasteiger partial charge in [0.25, 0.3) is 0 Å². The average molecular weight is 518 g/mol. The van der Waals surface area contributed by atoms with Crippen molar-refractivity contribution >= 4 is 50.0 Å². The summed E-state index contributed by atoms with van der Waals surface area (Å²) < 4.78 is 13.3. The second-order valence-electron chi connectivity index (χ2n) is 9.60. The van der Waals surface area contributed by atoms with Crippen LogP contribution in [-0.4, -0.2) is 63.9 Å². The number of thiazole rings is 1. The smallest absolute Gasteiger partial charge is 0.225 e. The van der Waals surface area contributed by atoms with E-state index in [2.05, 4.69) is 26.3 Å². The van der Waals surface area contributed by atoms with Crippen molar-refractivity contribution in [1.82, 2.24) is 24.8 Å². The zero-order valence-corrected chi connectivity index (χ0v) is 21.4. The molecule has 2 aliphatic rings. The molecule has 1 saturated carbocycles. The lowest BCUT2D eigenvalue weighted by Crippen LogP contribution is -2.48. The highest BCUT2D eigenvalue weighted by molar-refractivity contribution is 7.21. The predicted octanol–water partition coefficient (Wildman–Crippen LogP) is 4.79. The van der Waals surface area contributed by atoms with Gasteiger partial charge in [0, 0.05) is 57.6 Å². The van der Waals surface area contributed by atoms with Gasteiger partial charge in [0.1, 0.15) is 27.8 Å². The first-order chi connectivity index (χ1) is 18.0. The van der Waals surface area contributed by atoms with E-state index in [1.54, 1.807) is 12.1 Å². The highest BCUT2D eigenvalue weighted by Gasteiger charge is 2.34. The summed E-state index contributed by atoms with van der Waals surface area (Å²) in [6.07, 6.45) is 3.93. The number of hydrogen-bond donors (Lipinski definition) is 1. The van der Waals surface area contributed by atoms with Crippen LogP contribution < -0.4 is 10.2 Å². The molecule has 1 aliphatic carbocycles. The van der Waals surface area contributed by atoms with Crippen molar-refractivity contribution in [1.29, 1.82) is 0 Å². The number of anilines is 4. The molecule has 3 aromatic heterocycles. The zero-order chi connectivity index (χ0) is 25.4. The predicted molar refractivity (Wildman–Crippen MR) is 144 cm³/mol. The number of pyridine rings is 2. The number of aromatic nitrogens is 3. The molecule has 0 unspecified atom stereocenters. The van der Waals surface area contributed by atoms with Crippen LogP contribution in [0.15, 0.2) is 54.7 Å². The number of carbonyl (C=O) groups is 1. The van der Waals surface area contributed by atoms with E-state index in [1.807, 2.05) is 41.2 Å². The van der Waals surface area contributed by atoms with Crippen molar-refractivity contribution < 1.29 is 9.18 Å². The Balaban J connectivity index is 1.10. The molecular formula is C27H28FN7OS. The Morgan fingerprint density at radius 2 is 1.86 bits per heavy atom. The maximum atomic E-state index is 13.3. The maximum Gasteiger partial charge on any atom is 0.225 e. The van der Waals surface area contributed by atoms with Gasteiger partial charge in [-0.25, -0.2) is 19.3 Å². The first-order valence-corrected chi connectivity index (χ1v) is 13.3. The first-order valence-electron chi connectivity index (χ1n) is 12.5. The van der Waals surface area contributed by atoms with Crippen LogP contribution in [0.4, 0.5) is 26.8 Å². The highest BCUT2D eigenvalue weighted by atomic mass is 32.1. The number of fused-ring (bicyclic) bond motifs is 1. The Morgan fingerprint density at radius 3 is 2.62 bits per heavy atom. The molecule has 37 heavy (non-hydrogen) atoms. The number of carbonyl (C=O) groups excluding carboxylic acids is 1. The molecule has 0 atom stereocenters. The lowest BCUT2D eigenvalue weighted by Gasteiger charge is -2.34. The Hall–Kier alpha value is -3.63. The van der Waals surface area contributed by atoms with E-state index in [0.717, 1.165) is 78.4 Å². The van der Waals surface area contributed by atoms with Crippen molar-refractivity contribution in [3.63, 3.8) is 0 Å². The van der Waals surface area contributed by atoms with Gasteiger partial charge < -0.3 is 15.1 Å². The molecule has 190 valence electrons. The summed E-state index contributed by atoms with van der Waals surface area (Å²) in [7, 11) is 1.90. The van der Waals surface area contributed by atoms with Crippen LogP contribution >= 0.6 is 11.3 Å². The van der Waals surface area contributed by atoms with Gasteiger partial charge in [-0.15, -0.1) is 0 Å². The molecule has 0 radical (unpaired) electrons. The van der Waals surface area contributed by atoms with Crippen LogP contribution in [0.2, 0.25) is 0 Å². The third-order valence-electron chi connectivity index (χ3n) is 6.87. The van der Waals surface area contributed by atoms with Crippen LogP contribution in [0.5, 0.6) is 0 Å². The number of piperazine rings is 1. The number of hydrogen-bond acceptors (Lipinski definition) is 8. The third-order valence-corrected chi connectivity index (χ3v) is 7.75. The summed E-state index contributed by atoms with van der Waals surface area (Å²) in [6, 6.07) is 14.3. The van der Waals surface area contributed by atoms with Crippen molar-refractivity contribution in [2.75, 3.05) is 43.4 Å². The molecular weight excluding hydrogens is 489 g/mol. The molecule has 1 aliphatic heterocycles. The summed E-state index contributed by atoms with van der Waals surface area (Å²) >= 11 is 1.47. The van der Waals surface area contributed by atoms with Gasteiger partial charge in [0.05, 0.1) is 0 Å². The quantitative estimate of drug-likeness (QED) is 0.378. The minimum absolute atomic E-state index is 0.264. The summed E-state index contributed by atoms with van der Waals surface area (Å²) in [5.41, 5.74) is 2.83. The summed E-state index contributed by atoms with van der Waals surface area (Å²) in [5.74, 6) is 1.87. The average Bonchev–Trinajstić information content (AvgIpc) is 3.69. The van der Waals surface area contributed by atoms with E-state index in [1.165, 1.54) is 29.0 Å². The number of rotatable bonds is 7. The molecule has 10 heteroatoms. The minimum atomic E-state index is -0.264. The third kappa shape index (κ3) is 5.40. The number of amides is 1. The Labute approximate surface area is 218 Å². The van der Waals surface area contributed by atoms with Crippen molar-refractivity contribution in [2.45, 2.75) is 19.4 Å². The summed E-state index contributed by atoms with van der Waals surface area (Å²) in [6.45, 7) is 4.22. The van der Waals surface area contributed by atoms with Crippen molar-refractivity contribution in [2.24, 2.45) is 5.92 Å². The van der Waals surface area contributed by atoms with E-state index in [0.29, 0.717) is 11.8 Å². The molecule has 4 heterocycles. The van der Waals surface area contributed by atoms with Gasteiger partial charge in [-0.3, -0.25) is 9.69 Å². The van der Waals surface area contributed by atoms with Crippen molar-refractivity contribution in [3.8, 4) is 0 Å². The number of nitrogens with one attached hydrogen (secondary N) is 1. The topological polar surface area (TPSA) is 77.5 Å². The molecule has 4 aromatic rings. The fraction of sp³-hybridized carbons (Fsp3) is 0.333. The van der Waals surface area contributed by atoms with E-state index in [-0.39, 0.29) is 5.82 Å². The molecule has 0 bridgehead atoms. The van der Waals surface area contributed by atoms with Gasteiger partial charge in [-0.2, -0.15) is 0 Å². The van der Waals surface area contributed by atoms with E-state index in [4.69, 9.17) is 4.98 Å². The Morgan fingerprint density at radius 1 is 1.08 bits per heavy atom. The van der Waals surface area contributed by atoms with Crippen LogP contribution in [0.25, 0.3) is 10.3 Å². The van der Waals surface area contributed by atoms with Crippen LogP contribution in [0.3, 0.4) is 0 Å². The van der Waals surface area contributed by atoms with Crippen molar-refractivity contribution in [3.05, 3.63) is 66.1 Å². The van der Waals surface area contributed by atoms with Gasteiger partial charge >= 0.3 is 0 Å². The standard InChI is InChI=1S/C27H28FN7OS/c1-33(21-6-4-20(28)5-7-21)24-9-8-22-25(32-24)37-27(30-22)31-23-16-18(10-11-29-23)17-34-12-14-35(15-13-34)26(36)19-2-3-19/h4-11,16,19H,2-3,12-15,17H2,1H3,(H,29,30,31).